The van der Waals surface area contributed by atoms with Gasteiger partial charge < -0.3 is 20.7 Å². The van der Waals surface area contributed by atoms with E-state index in [-0.39, 0.29) is 12.5 Å². The van der Waals surface area contributed by atoms with Crippen molar-refractivity contribution in [2.45, 2.75) is 19.8 Å². The van der Waals surface area contributed by atoms with E-state index in [1.165, 1.54) is 0 Å². The number of amides is 1. The number of rotatable bonds is 7. The van der Waals surface area contributed by atoms with Crippen molar-refractivity contribution in [1.82, 2.24) is 5.32 Å². The average molecular weight is 293 g/mol. The Hall–Kier alpha value is -2.24. The van der Waals surface area contributed by atoms with Gasteiger partial charge in [0.05, 0.1) is 11.3 Å². The Balaban J connectivity index is 2.63. The van der Waals surface area contributed by atoms with E-state index in [4.69, 9.17) is 10.5 Å². The van der Waals surface area contributed by atoms with Crippen LogP contribution in [0.2, 0.25) is 0 Å². The molecule has 0 aliphatic heterocycles. The first-order valence-corrected chi connectivity index (χ1v) is 6.96. The van der Waals surface area contributed by atoms with Crippen LogP contribution >= 0.6 is 0 Å². The predicted molar refractivity (Wildman–Crippen MR) is 83.4 cm³/mol. The Kier molecular flexibility index (Phi) is 6.52. The number of hydrogen-bond acceptors (Lipinski definition) is 5. The number of anilines is 2. The molecule has 0 atom stereocenters. The van der Waals surface area contributed by atoms with Gasteiger partial charge in [-0.05, 0) is 24.6 Å². The number of nitrogens with one attached hydrogen (secondary N) is 1. The molecular weight excluding hydrogens is 270 g/mol. The molecule has 0 bridgehead atoms. The first-order valence-electron chi connectivity index (χ1n) is 6.96. The number of nitrogens with zero attached hydrogens (tertiary/aromatic N) is 1. The summed E-state index contributed by atoms with van der Waals surface area (Å²) in [5.74, 6) is -0.858. The van der Waals surface area contributed by atoms with Gasteiger partial charge in [0.1, 0.15) is 0 Å². The molecule has 1 aromatic carbocycles. The van der Waals surface area contributed by atoms with Crippen LogP contribution < -0.4 is 16.0 Å². The summed E-state index contributed by atoms with van der Waals surface area (Å²) in [6, 6.07) is 5.00. The summed E-state index contributed by atoms with van der Waals surface area (Å²) in [6.45, 7) is 2.34. The molecule has 21 heavy (non-hydrogen) atoms. The lowest BCUT2D eigenvalue weighted by Crippen LogP contribution is -2.29. The smallest absolute Gasteiger partial charge is 0.340 e. The summed E-state index contributed by atoms with van der Waals surface area (Å²) in [7, 11) is 3.64. The van der Waals surface area contributed by atoms with Crippen molar-refractivity contribution >= 4 is 23.3 Å². The van der Waals surface area contributed by atoms with Crippen LogP contribution in [-0.2, 0) is 9.53 Å². The third kappa shape index (κ3) is 5.33. The summed E-state index contributed by atoms with van der Waals surface area (Å²) >= 11 is 0. The van der Waals surface area contributed by atoms with E-state index >= 15 is 0 Å². The molecule has 0 aromatic heterocycles. The molecular formula is C15H23N3O3. The number of unbranched alkanes of at least 4 members (excludes halogenated alkanes) is 1. The highest BCUT2D eigenvalue weighted by Crippen LogP contribution is 2.22. The van der Waals surface area contributed by atoms with Gasteiger partial charge in [0.2, 0.25) is 0 Å². The molecule has 0 saturated heterocycles. The van der Waals surface area contributed by atoms with E-state index in [9.17, 15) is 9.59 Å². The minimum atomic E-state index is -0.559. The van der Waals surface area contributed by atoms with Crippen molar-refractivity contribution in [3.63, 3.8) is 0 Å². The fraction of sp³-hybridized carbons (Fsp3) is 0.467. The van der Waals surface area contributed by atoms with Gasteiger partial charge in [-0.15, -0.1) is 0 Å². The van der Waals surface area contributed by atoms with Gasteiger partial charge in [0.25, 0.3) is 5.91 Å². The molecule has 3 N–H and O–H groups in total. The van der Waals surface area contributed by atoms with E-state index in [0.717, 1.165) is 12.8 Å². The lowest BCUT2D eigenvalue weighted by atomic mass is 10.1. The zero-order valence-corrected chi connectivity index (χ0v) is 12.8. The highest BCUT2D eigenvalue weighted by atomic mass is 16.5. The van der Waals surface area contributed by atoms with Crippen LogP contribution in [0.15, 0.2) is 18.2 Å². The zero-order valence-electron chi connectivity index (χ0n) is 12.8. The van der Waals surface area contributed by atoms with Crippen molar-refractivity contribution in [3.8, 4) is 0 Å². The van der Waals surface area contributed by atoms with E-state index in [1.807, 2.05) is 21.0 Å². The Morgan fingerprint density at radius 1 is 1.33 bits per heavy atom. The Morgan fingerprint density at radius 3 is 2.67 bits per heavy atom. The fourth-order valence-electron chi connectivity index (χ4n) is 1.77. The van der Waals surface area contributed by atoms with Crippen molar-refractivity contribution < 1.29 is 14.3 Å². The second kappa shape index (κ2) is 8.14. The monoisotopic (exact) mass is 293 g/mol. The quantitative estimate of drug-likeness (QED) is 0.451. The predicted octanol–water partition coefficient (Wildman–Crippen LogP) is 1.41. The van der Waals surface area contributed by atoms with Crippen LogP contribution in [0, 0.1) is 0 Å². The topological polar surface area (TPSA) is 84.7 Å². The summed E-state index contributed by atoms with van der Waals surface area (Å²) in [5, 5.41) is 2.69. The number of carbonyl (C=O) groups excluding carboxylic acids is 2. The van der Waals surface area contributed by atoms with Gasteiger partial charge in [-0.25, -0.2) is 4.79 Å². The molecule has 0 spiro atoms. The molecule has 0 radical (unpaired) electrons. The number of ether oxygens (including phenoxy) is 1. The van der Waals surface area contributed by atoms with Crippen LogP contribution in [0.5, 0.6) is 0 Å². The summed E-state index contributed by atoms with van der Waals surface area (Å²) in [4.78, 5) is 25.4. The standard InChI is InChI=1S/C15H23N3O3/c1-4-5-8-17-14(19)10-21-15(20)12-9-11(16)6-7-13(12)18(2)3/h6-7,9H,4-5,8,10,16H2,1-3H3,(H,17,19). The molecule has 0 aliphatic rings. The van der Waals surface area contributed by atoms with E-state index in [2.05, 4.69) is 5.32 Å². The average Bonchev–Trinajstić information content (AvgIpc) is 2.44. The van der Waals surface area contributed by atoms with Gasteiger partial charge in [-0.1, -0.05) is 13.3 Å². The van der Waals surface area contributed by atoms with Crippen molar-refractivity contribution in [2.75, 3.05) is 37.9 Å². The SMILES string of the molecule is CCCCNC(=O)COC(=O)c1cc(N)ccc1N(C)C. The highest BCUT2D eigenvalue weighted by molar-refractivity contribution is 5.97. The molecule has 1 aromatic rings. The number of benzene rings is 1. The normalized spacial score (nSPS) is 10.0. The van der Waals surface area contributed by atoms with Gasteiger partial charge in [-0.3, -0.25) is 4.79 Å². The summed E-state index contributed by atoms with van der Waals surface area (Å²) < 4.78 is 5.03. The van der Waals surface area contributed by atoms with Gasteiger partial charge >= 0.3 is 5.97 Å². The first-order chi connectivity index (χ1) is 9.95. The third-order valence-corrected chi connectivity index (χ3v) is 2.91. The minimum Gasteiger partial charge on any atom is -0.452 e. The molecule has 6 nitrogen and oxygen atoms in total. The van der Waals surface area contributed by atoms with Crippen LogP contribution in [0.25, 0.3) is 0 Å². The van der Waals surface area contributed by atoms with Crippen LogP contribution in [-0.4, -0.2) is 39.1 Å². The maximum Gasteiger partial charge on any atom is 0.340 e. The Labute approximate surface area is 125 Å². The fourth-order valence-corrected chi connectivity index (χ4v) is 1.77. The second-order valence-electron chi connectivity index (χ2n) is 4.95. The highest BCUT2D eigenvalue weighted by Gasteiger charge is 2.16. The van der Waals surface area contributed by atoms with Crippen LogP contribution in [0.1, 0.15) is 30.1 Å². The number of hydrogen-bond donors (Lipinski definition) is 2. The number of esters is 1. The number of nitrogens with two attached hydrogens (primary N) is 1. The molecule has 0 heterocycles. The minimum absolute atomic E-state index is 0.287. The third-order valence-electron chi connectivity index (χ3n) is 2.91. The number of carbonyl (C=O) groups is 2. The van der Waals surface area contributed by atoms with Crippen LogP contribution in [0.3, 0.4) is 0 Å². The molecule has 0 aliphatic carbocycles. The number of nitrogen functional groups attached to an aromatic ring is 1. The van der Waals surface area contributed by atoms with Crippen molar-refractivity contribution in [3.05, 3.63) is 23.8 Å². The second-order valence-corrected chi connectivity index (χ2v) is 4.95. The van der Waals surface area contributed by atoms with Gasteiger partial charge in [0.15, 0.2) is 6.61 Å². The maximum atomic E-state index is 12.1. The van der Waals surface area contributed by atoms with E-state index < -0.39 is 5.97 Å². The van der Waals surface area contributed by atoms with E-state index in [0.29, 0.717) is 23.5 Å². The largest absolute Gasteiger partial charge is 0.452 e. The van der Waals surface area contributed by atoms with Gasteiger partial charge in [-0.2, -0.15) is 0 Å². The summed E-state index contributed by atoms with van der Waals surface area (Å²) in [6.07, 6.45) is 1.90. The molecule has 1 rings (SSSR count). The first kappa shape index (κ1) is 16.8. The lowest BCUT2D eigenvalue weighted by Gasteiger charge is -2.17. The molecule has 0 fully saturated rings. The van der Waals surface area contributed by atoms with Gasteiger partial charge in [0, 0.05) is 26.3 Å². The Morgan fingerprint density at radius 2 is 2.05 bits per heavy atom. The molecule has 116 valence electrons. The summed E-state index contributed by atoms with van der Waals surface area (Å²) in [5.41, 5.74) is 7.21. The van der Waals surface area contributed by atoms with Crippen molar-refractivity contribution in [2.24, 2.45) is 0 Å². The molecule has 0 unspecified atom stereocenters. The van der Waals surface area contributed by atoms with E-state index in [1.54, 1.807) is 23.1 Å². The molecule has 6 heteroatoms. The molecule has 1 amide bonds. The Bertz CT molecular complexity index is 501. The van der Waals surface area contributed by atoms with Crippen molar-refractivity contribution in [1.29, 1.82) is 0 Å². The molecule has 0 saturated carbocycles. The lowest BCUT2D eigenvalue weighted by molar-refractivity contribution is -0.124. The maximum absolute atomic E-state index is 12.1. The zero-order chi connectivity index (χ0) is 15.8. The van der Waals surface area contributed by atoms with Crippen LogP contribution in [0.4, 0.5) is 11.4 Å².